The first kappa shape index (κ1) is 17.9. The van der Waals surface area contributed by atoms with Crippen molar-refractivity contribution in [1.29, 1.82) is 0 Å². The summed E-state index contributed by atoms with van der Waals surface area (Å²) in [7, 11) is 0. The molecule has 2 heterocycles. The highest BCUT2D eigenvalue weighted by atomic mass is 35.5. The summed E-state index contributed by atoms with van der Waals surface area (Å²) < 4.78 is 1.84. The van der Waals surface area contributed by atoms with E-state index in [1.807, 2.05) is 22.7 Å². The molecule has 2 rings (SSSR count). The number of amides is 1. The number of piperidine rings is 1. The van der Waals surface area contributed by atoms with Crippen molar-refractivity contribution in [3.63, 3.8) is 0 Å². The average Bonchev–Trinajstić information content (AvgIpc) is 2.91. The molecule has 0 bridgehead atoms. The molecule has 0 spiro atoms. The van der Waals surface area contributed by atoms with Crippen LogP contribution in [-0.4, -0.2) is 44.4 Å². The van der Waals surface area contributed by atoms with Gasteiger partial charge >= 0.3 is 0 Å². The molecule has 21 heavy (non-hydrogen) atoms. The molecule has 7 heteroatoms. The summed E-state index contributed by atoms with van der Waals surface area (Å²) in [6.45, 7) is 6.32. The van der Waals surface area contributed by atoms with Crippen molar-refractivity contribution in [2.75, 3.05) is 13.1 Å². The van der Waals surface area contributed by atoms with E-state index >= 15 is 0 Å². The Hall–Kier alpha value is -1.14. The Kier molecular flexibility index (Phi) is 6.61. The van der Waals surface area contributed by atoms with Gasteiger partial charge in [0, 0.05) is 25.8 Å². The van der Waals surface area contributed by atoms with Crippen LogP contribution in [0.25, 0.3) is 0 Å². The van der Waals surface area contributed by atoms with Gasteiger partial charge in [0.15, 0.2) is 0 Å². The van der Waals surface area contributed by atoms with Crippen LogP contribution in [0.5, 0.6) is 0 Å². The first-order chi connectivity index (χ1) is 9.53. The number of carbonyl (C=O) groups is 1. The quantitative estimate of drug-likeness (QED) is 0.892. The van der Waals surface area contributed by atoms with Gasteiger partial charge in [0.2, 0.25) is 5.91 Å². The van der Waals surface area contributed by atoms with Gasteiger partial charge in [-0.1, -0.05) is 18.6 Å². The third-order valence-corrected chi connectivity index (χ3v) is 3.98. The summed E-state index contributed by atoms with van der Waals surface area (Å²) >= 11 is 0. The van der Waals surface area contributed by atoms with Crippen LogP contribution in [0.4, 0.5) is 0 Å². The van der Waals surface area contributed by atoms with Crippen LogP contribution in [-0.2, 0) is 11.3 Å². The molecule has 0 aromatic carbocycles. The van der Waals surface area contributed by atoms with E-state index in [9.17, 15) is 4.79 Å². The van der Waals surface area contributed by atoms with Crippen LogP contribution in [0.3, 0.4) is 0 Å². The summed E-state index contributed by atoms with van der Waals surface area (Å²) in [5.41, 5.74) is 5.43. The number of halogens is 1. The van der Waals surface area contributed by atoms with Crippen LogP contribution >= 0.6 is 12.4 Å². The maximum Gasteiger partial charge on any atom is 0.242 e. The van der Waals surface area contributed by atoms with Gasteiger partial charge in [-0.15, -0.1) is 17.5 Å². The number of likely N-dealkylation sites (tertiary alicyclic amines) is 1. The third-order valence-electron chi connectivity index (χ3n) is 3.98. The normalized spacial score (nSPS) is 21.5. The second-order valence-electron chi connectivity index (χ2n) is 6.05. The van der Waals surface area contributed by atoms with E-state index in [1.54, 1.807) is 6.20 Å². The van der Waals surface area contributed by atoms with Crippen molar-refractivity contribution in [2.45, 2.75) is 51.6 Å². The lowest BCUT2D eigenvalue weighted by atomic mass is 9.92. The first-order valence-electron chi connectivity index (χ1n) is 7.45. The Morgan fingerprint density at radius 2 is 2.29 bits per heavy atom. The van der Waals surface area contributed by atoms with Crippen LogP contribution in [0, 0.1) is 5.92 Å². The minimum atomic E-state index is -0.732. The molecule has 2 atom stereocenters. The Labute approximate surface area is 132 Å². The first-order valence-corrected chi connectivity index (χ1v) is 7.45. The molecular formula is C14H26ClN5O. The summed E-state index contributed by atoms with van der Waals surface area (Å²) in [6.07, 6.45) is 7.37. The second kappa shape index (κ2) is 7.75. The summed E-state index contributed by atoms with van der Waals surface area (Å²) in [5, 5.41) is 7.81. The molecule has 1 fully saturated rings. The number of aromatic nitrogens is 3. The molecular weight excluding hydrogens is 290 g/mol. The molecule has 1 aliphatic rings. The van der Waals surface area contributed by atoms with Gasteiger partial charge in [-0.3, -0.25) is 9.48 Å². The smallest absolute Gasteiger partial charge is 0.242 e. The number of hydrogen-bond donors (Lipinski definition) is 1. The SMILES string of the molecule is CCCC(C)(N)C(=O)N1CCCC(Cn2ccnn2)C1.Cl. The highest BCUT2D eigenvalue weighted by Crippen LogP contribution is 2.21. The Balaban J connectivity index is 0.00000220. The van der Waals surface area contributed by atoms with E-state index in [-0.39, 0.29) is 18.3 Å². The minimum Gasteiger partial charge on any atom is -0.341 e. The Bertz CT molecular complexity index is 435. The fourth-order valence-electron chi connectivity index (χ4n) is 2.98. The number of carbonyl (C=O) groups excluding carboxylic acids is 1. The molecule has 0 saturated carbocycles. The number of rotatable bonds is 5. The second-order valence-corrected chi connectivity index (χ2v) is 6.05. The van der Waals surface area contributed by atoms with E-state index in [4.69, 9.17) is 5.73 Å². The fourth-order valence-corrected chi connectivity index (χ4v) is 2.98. The van der Waals surface area contributed by atoms with Crippen molar-refractivity contribution in [1.82, 2.24) is 19.9 Å². The molecule has 0 radical (unpaired) electrons. The predicted octanol–water partition coefficient (Wildman–Crippen LogP) is 1.46. The van der Waals surface area contributed by atoms with Gasteiger partial charge in [-0.05, 0) is 32.1 Å². The van der Waals surface area contributed by atoms with Crippen molar-refractivity contribution in [2.24, 2.45) is 11.7 Å². The zero-order valence-electron chi connectivity index (χ0n) is 12.9. The molecule has 2 unspecified atom stereocenters. The molecule has 0 aliphatic carbocycles. The van der Waals surface area contributed by atoms with Gasteiger partial charge < -0.3 is 10.6 Å². The molecule has 120 valence electrons. The van der Waals surface area contributed by atoms with Crippen molar-refractivity contribution in [3.8, 4) is 0 Å². The van der Waals surface area contributed by atoms with E-state index in [0.29, 0.717) is 5.92 Å². The summed E-state index contributed by atoms with van der Waals surface area (Å²) in [4.78, 5) is 14.5. The van der Waals surface area contributed by atoms with E-state index in [1.165, 1.54) is 0 Å². The standard InChI is InChI=1S/C14H25N5O.ClH/c1-3-6-14(2,15)13(20)18-8-4-5-12(10-18)11-19-9-7-16-17-19;/h7,9,12H,3-6,8,10-11,15H2,1-2H3;1H. The number of nitrogens with zero attached hydrogens (tertiary/aromatic N) is 4. The lowest BCUT2D eigenvalue weighted by Gasteiger charge is -2.37. The van der Waals surface area contributed by atoms with Gasteiger partial charge in [0.25, 0.3) is 0 Å². The topological polar surface area (TPSA) is 77.0 Å². The van der Waals surface area contributed by atoms with Crippen molar-refractivity contribution >= 4 is 18.3 Å². The van der Waals surface area contributed by atoms with Crippen LogP contribution in [0.1, 0.15) is 39.5 Å². The van der Waals surface area contributed by atoms with Gasteiger partial charge in [-0.2, -0.15) is 0 Å². The largest absolute Gasteiger partial charge is 0.341 e. The molecule has 1 aromatic heterocycles. The molecule has 1 aromatic rings. The summed E-state index contributed by atoms with van der Waals surface area (Å²) in [5.74, 6) is 0.523. The number of hydrogen-bond acceptors (Lipinski definition) is 4. The summed E-state index contributed by atoms with van der Waals surface area (Å²) in [6, 6.07) is 0. The molecule has 1 aliphatic heterocycles. The van der Waals surface area contributed by atoms with Gasteiger partial charge in [-0.25, -0.2) is 0 Å². The van der Waals surface area contributed by atoms with Gasteiger partial charge in [0.1, 0.15) is 0 Å². The molecule has 1 saturated heterocycles. The average molecular weight is 316 g/mol. The molecule has 1 amide bonds. The monoisotopic (exact) mass is 315 g/mol. The minimum absolute atomic E-state index is 0. The zero-order valence-corrected chi connectivity index (χ0v) is 13.7. The molecule has 2 N–H and O–H groups in total. The van der Waals surface area contributed by atoms with Crippen molar-refractivity contribution < 1.29 is 4.79 Å². The fraction of sp³-hybridized carbons (Fsp3) is 0.786. The van der Waals surface area contributed by atoms with Gasteiger partial charge in [0.05, 0.1) is 11.7 Å². The van der Waals surface area contributed by atoms with Crippen LogP contribution in [0.15, 0.2) is 12.4 Å². The highest BCUT2D eigenvalue weighted by molar-refractivity contribution is 5.86. The molecule has 6 nitrogen and oxygen atoms in total. The van der Waals surface area contributed by atoms with Crippen LogP contribution < -0.4 is 5.73 Å². The highest BCUT2D eigenvalue weighted by Gasteiger charge is 2.34. The van der Waals surface area contributed by atoms with E-state index in [2.05, 4.69) is 17.2 Å². The number of nitrogens with two attached hydrogens (primary N) is 1. The lowest BCUT2D eigenvalue weighted by Crippen LogP contribution is -2.55. The Morgan fingerprint density at radius 3 is 2.90 bits per heavy atom. The zero-order chi connectivity index (χ0) is 14.6. The Morgan fingerprint density at radius 1 is 1.52 bits per heavy atom. The predicted molar refractivity (Wildman–Crippen MR) is 84.1 cm³/mol. The van der Waals surface area contributed by atoms with Crippen molar-refractivity contribution in [3.05, 3.63) is 12.4 Å². The van der Waals surface area contributed by atoms with E-state index in [0.717, 1.165) is 45.3 Å². The maximum absolute atomic E-state index is 12.5. The maximum atomic E-state index is 12.5. The lowest BCUT2D eigenvalue weighted by molar-refractivity contribution is -0.138. The third kappa shape index (κ3) is 4.68. The van der Waals surface area contributed by atoms with Crippen LogP contribution in [0.2, 0.25) is 0 Å². The van der Waals surface area contributed by atoms with E-state index < -0.39 is 5.54 Å².